The Morgan fingerprint density at radius 3 is 2.88 bits per heavy atom. The molecular weight excluding hydrogens is 438 g/mol. The molecule has 2 aliphatic rings. The van der Waals surface area contributed by atoms with Crippen molar-refractivity contribution >= 4 is 23.3 Å². The molecule has 0 aliphatic carbocycles. The number of rotatable bonds is 9. The number of para-hydroxylation sites is 1. The topological polar surface area (TPSA) is 71.1 Å². The fourth-order valence-electron chi connectivity index (χ4n) is 4.42. The van der Waals surface area contributed by atoms with Crippen LogP contribution in [0.1, 0.15) is 42.7 Å². The highest BCUT2D eigenvalue weighted by Crippen LogP contribution is 2.34. The Morgan fingerprint density at radius 2 is 2.12 bits per heavy atom. The van der Waals surface area contributed by atoms with Crippen LogP contribution in [0.5, 0.6) is 5.75 Å². The zero-order valence-electron chi connectivity index (χ0n) is 19.2. The second kappa shape index (κ2) is 11.5. The number of nitrogens with one attached hydrogen (secondary N) is 1. The maximum atomic E-state index is 13.5. The van der Waals surface area contributed by atoms with Crippen molar-refractivity contribution in [2.45, 2.75) is 44.8 Å². The molecule has 3 amide bonds. The van der Waals surface area contributed by atoms with Crippen molar-refractivity contribution < 1.29 is 19.1 Å². The van der Waals surface area contributed by atoms with Gasteiger partial charge in [0.2, 0.25) is 5.91 Å². The normalized spacial score (nSPS) is 19.7. The van der Waals surface area contributed by atoms with Crippen molar-refractivity contribution in [3.8, 4) is 5.75 Å². The van der Waals surface area contributed by atoms with Gasteiger partial charge in [-0.1, -0.05) is 25.1 Å². The molecule has 7 nitrogen and oxygen atoms in total. The highest BCUT2D eigenvalue weighted by atomic mass is 32.1. The molecule has 2 aliphatic heterocycles. The molecule has 0 bridgehead atoms. The van der Waals surface area contributed by atoms with Crippen molar-refractivity contribution in [2.24, 2.45) is 0 Å². The summed E-state index contributed by atoms with van der Waals surface area (Å²) in [6.07, 6.45) is 3.58. The van der Waals surface area contributed by atoms with Gasteiger partial charge in [0.05, 0.1) is 12.1 Å². The number of amides is 3. The van der Waals surface area contributed by atoms with Gasteiger partial charge in [-0.25, -0.2) is 4.79 Å². The minimum Gasteiger partial charge on any atom is -0.491 e. The van der Waals surface area contributed by atoms with E-state index in [4.69, 9.17) is 9.47 Å². The van der Waals surface area contributed by atoms with Crippen LogP contribution in [0, 0.1) is 0 Å². The predicted octanol–water partition coefficient (Wildman–Crippen LogP) is 3.85. The second-order valence-corrected chi connectivity index (χ2v) is 9.52. The van der Waals surface area contributed by atoms with Gasteiger partial charge in [-0.3, -0.25) is 4.79 Å². The van der Waals surface area contributed by atoms with E-state index in [0.29, 0.717) is 26.2 Å². The molecule has 0 radical (unpaired) electrons. The number of hydrogen-bond donors (Lipinski definition) is 1. The molecule has 2 atom stereocenters. The first-order valence-electron chi connectivity index (χ1n) is 11.8. The number of hydrogen-bond acceptors (Lipinski definition) is 5. The molecule has 0 saturated carbocycles. The summed E-state index contributed by atoms with van der Waals surface area (Å²) in [6.45, 7) is 4.80. The molecule has 2 aromatic rings. The van der Waals surface area contributed by atoms with Gasteiger partial charge >= 0.3 is 6.03 Å². The molecule has 3 heterocycles. The van der Waals surface area contributed by atoms with Gasteiger partial charge in [0.25, 0.3) is 0 Å². The van der Waals surface area contributed by atoms with E-state index in [0.717, 1.165) is 43.6 Å². The molecule has 178 valence electrons. The maximum absolute atomic E-state index is 13.5. The number of urea groups is 1. The van der Waals surface area contributed by atoms with E-state index in [2.05, 4.69) is 16.8 Å². The van der Waals surface area contributed by atoms with Gasteiger partial charge in [0.1, 0.15) is 18.9 Å². The molecule has 1 N–H and O–H groups in total. The Labute approximate surface area is 199 Å². The molecule has 1 saturated heterocycles. The van der Waals surface area contributed by atoms with Crippen LogP contribution in [0.4, 0.5) is 4.79 Å². The highest BCUT2D eigenvalue weighted by Gasteiger charge is 2.34. The van der Waals surface area contributed by atoms with Crippen LogP contribution < -0.4 is 10.1 Å². The summed E-state index contributed by atoms with van der Waals surface area (Å²) in [6, 6.07) is 11.4. The maximum Gasteiger partial charge on any atom is 0.317 e. The summed E-state index contributed by atoms with van der Waals surface area (Å²) in [7, 11) is 0. The third kappa shape index (κ3) is 6.06. The SMILES string of the molecule is CCCNC(=O)N(CC(=O)N1CCc2sccc2C1COc1ccccc1)CC1CCCO1. The standard InChI is InChI=1S/C25H33N3O4S/c1-2-12-26-25(30)27(16-20-9-6-14-31-20)17-24(29)28-13-10-23-21(11-15-33-23)22(28)18-32-19-7-4-3-5-8-19/h3-5,7-8,11,15,20,22H,2,6,9-10,12-14,16-18H2,1H3,(H,26,30). The Hall–Kier alpha value is -2.58. The van der Waals surface area contributed by atoms with Crippen molar-refractivity contribution in [1.29, 1.82) is 0 Å². The lowest BCUT2D eigenvalue weighted by atomic mass is 10.0. The highest BCUT2D eigenvalue weighted by molar-refractivity contribution is 7.10. The first kappa shape index (κ1) is 23.6. The molecule has 0 spiro atoms. The molecule has 8 heteroatoms. The van der Waals surface area contributed by atoms with Crippen LogP contribution in [0.25, 0.3) is 0 Å². The Balaban J connectivity index is 1.47. The van der Waals surface area contributed by atoms with E-state index in [1.165, 1.54) is 4.88 Å². The third-order valence-electron chi connectivity index (χ3n) is 6.15. The van der Waals surface area contributed by atoms with E-state index < -0.39 is 0 Å². The number of carbonyl (C=O) groups excluding carboxylic acids is 2. The zero-order valence-corrected chi connectivity index (χ0v) is 20.0. The van der Waals surface area contributed by atoms with E-state index in [1.807, 2.05) is 42.2 Å². The molecule has 33 heavy (non-hydrogen) atoms. The van der Waals surface area contributed by atoms with Crippen molar-refractivity contribution in [1.82, 2.24) is 15.1 Å². The minimum atomic E-state index is -0.203. The Bertz CT molecular complexity index is 913. The third-order valence-corrected chi connectivity index (χ3v) is 7.15. The fourth-order valence-corrected chi connectivity index (χ4v) is 5.35. The minimum absolute atomic E-state index is 0.00720. The summed E-state index contributed by atoms with van der Waals surface area (Å²) in [5.41, 5.74) is 1.15. The van der Waals surface area contributed by atoms with Crippen LogP contribution in [0.15, 0.2) is 41.8 Å². The number of ether oxygens (including phenoxy) is 2. The molecule has 1 aromatic carbocycles. The Kier molecular flexibility index (Phi) is 8.23. The second-order valence-electron chi connectivity index (χ2n) is 8.52. The van der Waals surface area contributed by atoms with Gasteiger partial charge in [-0.15, -0.1) is 11.3 Å². The lowest BCUT2D eigenvalue weighted by Gasteiger charge is -2.37. The van der Waals surface area contributed by atoms with Crippen molar-refractivity contribution in [3.05, 3.63) is 52.2 Å². The Morgan fingerprint density at radius 1 is 1.27 bits per heavy atom. The first-order valence-corrected chi connectivity index (χ1v) is 12.7. The predicted molar refractivity (Wildman–Crippen MR) is 129 cm³/mol. The molecule has 2 unspecified atom stereocenters. The molecule has 1 aromatic heterocycles. The van der Waals surface area contributed by atoms with Crippen molar-refractivity contribution in [2.75, 3.05) is 39.4 Å². The smallest absolute Gasteiger partial charge is 0.317 e. The average molecular weight is 472 g/mol. The van der Waals surface area contributed by atoms with Crippen LogP contribution >= 0.6 is 11.3 Å². The van der Waals surface area contributed by atoms with Gasteiger partial charge in [0.15, 0.2) is 0 Å². The number of carbonyl (C=O) groups is 2. The van der Waals surface area contributed by atoms with Gasteiger partial charge < -0.3 is 24.6 Å². The summed E-state index contributed by atoms with van der Waals surface area (Å²) in [5, 5.41) is 5.00. The summed E-state index contributed by atoms with van der Waals surface area (Å²) in [5.74, 6) is 0.726. The van der Waals surface area contributed by atoms with Crippen LogP contribution in [-0.4, -0.2) is 67.2 Å². The largest absolute Gasteiger partial charge is 0.491 e. The monoisotopic (exact) mass is 471 g/mol. The lowest BCUT2D eigenvalue weighted by molar-refractivity contribution is -0.135. The molecule has 1 fully saturated rings. The fraction of sp³-hybridized carbons (Fsp3) is 0.520. The van der Waals surface area contributed by atoms with Crippen LogP contribution in [0.2, 0.25) is 0 Å². The lowest BCUT2D eigenvalue weighted by Crippen LogP contribution is -2.51. The van der Waals surface area contributed by atoms with Gasteiger partial charge in [-0.2, -0.15) is 0 Å². The van der Waals surface area contributed by atoms with Crippen LogP contribution in [-0.2, 0) is 16.0 Å². The van der Waals surface area contributed by atoms with Crippen LogP contribution in [0.3, 0.4) is 0 Å². The summed E-state index contributed by atoms with van der Waals surface area (Å²) >= 11 is 1.73. The number of fused-ring (bicyclic) bond motifs is 1. The first-order chi connectivity index (χ1) is 16.2. The number of nitrogens with zero attached hydrogens (tertiary/aromatic N) is 2. The van der Waals surface area contributed by atoms with E-state index in [9.17, 15) is 9.59 Å². The van der Waals surface area contributed by atoms with E-state index >= 15 is 0 Å². The average Bonchev–Trinajstić information content (AvgIpc) is 3.53. The van der Waals surface area contributed by atoms with E-state index in [-0.39, 0.29) is 30.6 Å². The zero-order chi connectivity index (χ0) is 23.0. The summed E-state index contributed by atoms with van der Waals surface area (Å²) < 4.78 is 11.8. The molecular formula is C25H33N3O4S. The summed E-state index contributed by atoms with van der Waals surface area (Å²) in [4.78, 5) is 31.2. The van der Waals surface area contributed by atoms with Gasteiger partial charge in [-0.05, 0) is 54.8 Å². The van der Waals surface area contributed by atoms with Crippen molar-refractivity contribution in [3.63, 3.8) is 0 Å². The quantitative estimate of drug-likeness (QED) is 0.603. The molecule has 4 rings (SSSR count). The number of thiophene rings is 1. The number of benzene rings is 1. The van der Waals surface area contributed by atoms with E-state index in [1.54, 1.807) is 16.2 Å². The van der Waals surface area contributed by atoms with Gasteiger partial charge in [0, 0.05) is 31.1 Å².